The van der Waals surface area contributed by atoms with Crippen molar-refractivity contribution in [3.8, 4) is 67.2 Å². The van der Waals surface area contributed by atoms with E-state index >= 15 is 0 Å². The quantitative estimate of drug-likeness (QED) is 0.121. The highest BCUT2D eigenvalue weighted by molar-refractivity contribution is 7.26. The van der Waals surface area contributed by atoms with E-state index in [-0.39, 0.29) is 0 Å². The van der Waals surface area contributed by atoms with E-state index in [4.69, 9.17) is 40.9 Å². The van der Waals surface area contributed by atoms with Crippen molar-refractivity contribution in [1.29, 1.82) is 0 Å². The fourth-order valence-electron chi connectivity index (χ4n) is 16.7. The van der Waals surface area contributed by atoms with E-state index in [1.54, 1.807) is 11.3 Å². The van der Waals surface area contributed by atoms with E-state index in [0.717, 1.165) is 181 Å². The third-order valence-electron chi connectivity index (χ3n) is 22.1. The summed E-state index contributed by atoms with van der Waals surface area (Å²) in [5, 5.41) is 20.9. The van der Waals surface area contributed by atoms with Crippen LogP contribution >= 0.6 is 22.7 Å². The van der Waals surface area contributed by atoms with Crippen LogP contribution in [0.1, 0.15) is 0 Å². The standard InChI is InChI=1S/C35H19N3S.C34H20N2O.C34H20N2S/c1-36-25-14-17-32-29(20-25)28-19-24(13-16-31(28)39-32)21-8-10-23(11-9-21)34-27-15-12-22-5-4-18-37-35(22)33(27)26-6-2-3-7-30(26)38-34;2*1-3-9-29-26(8-1)32-27(17-15-22-6-5-19-35-34(22)32)33(36-29)23-13-11-21(12-14-23)24-16-18-31-28(20-24)25-7-2-4-10-30(25)37-31/h2-20H;2*1-20H. The second-order valence-corrected chi connectivity index (χ2v) is 30.7. The number of hydrogen-bond donors (Lipinski definition) is 0. The molecule has 0 radical (unpaired) electrons. The van der Waals surface area contributed by atoms with E-state index in [0.29, 0.717) is 5.69 Å². The van der Waals surface area contributed by atoms with E-state index in [1.165, 1.54) is 46.1 Å². The lowest BCUT2D eigenvalue weighted by atomic mass is 9.96. The molecule has 113 heavy (non-hydrogen) atoms. The van der Waals surface area contributed by atoms with Crippen LogP contribution in [0.2, 0.25) is 0 Å². The zero-order valence-corrected chi connectivity index (χ0v) is 62.1. The highest BCUT2D eigenvalue weighted by atomic mass is 32.1. The van der Waals surface area contributed by atoms with E-state index in [1.807, 2.05) is 84.5 Å². The normalized spacial score (nSPS) is 11.7. The fraction of sp³-hybridized carbons (Fsp3) is 0. The van der Waals surface area contributed by atoms with Gasteiger partial charge in [0.05, 0.1) is 56.8 Å². The van der Waals surface area contributed by atoms with Crippen molar-refractivity contribution in [3.05, 3.63) is 370 Å². The van der Waals surface area contributed by atoms with Gasteiger partial charge in [-0.15, -0.1) is 22.7 Å². The van der Waals surface area contributed by atoms with E-state index < -0.39 is 0 Å². The number of pyridine rings is 6. The Kier molecular flexibility index (Phi) is 15.5. The molecule has 24 rings (SSSR count). The summed E-state index contributed by atoms with van der Waals surface area (Å²) in [7, 11) is 0. The molecule has 0 N–H and O–H groups in total. The number of para-hydroxylation sites is 4. The Bertz CT molecular complexity index is 7720. The molecule has 8 nitrogen and oxygen atoms in total. The Morgan fingerprint density at radius 2 is 0.575 bits per heavy atom. The maximum Gasteiger partial charge on any atom is 0.187 e. The number of hydrogen-bond acceptors (Lipinski definition) is 9. The topological polar surface area (TPSA) is 94.8 Å². The maximum atomic E-state index is 7.40. The Morgan fingerprint density at radius 3 is 1.03 bits per heavy atom. The molecule has 0 spiro atoms. The molecule has 524 valence electrons. The minimum absolute atomic E-state index is 0.676. The molecule has 9 aromatic heterocycles. The first-order valence-electron chi connectivity index (χ1n) is 37.6. The monoisotopic (exact) mass is 1470 g/mol. The number of aromatic nitrogens is 6. The summed E-state index contributed by atoms with van der Waals surface area (Å²) in [6.45, 7) is 7.40. The first-order chi connectivity index (χ1) is 55.9. The highest BCUT2D eigenvalue weighted by Crippen LogP contribution is 2.45. The third-order valence-corrected chi connectivity index (χ3v) is 24.4. The average molecular weight is 1470 g/mol. The summed E-state index contributed by atoms with van der Waals surface area (Å²) in [6, 6.07) is 119. The minimum atomic E-state index is 0.676. The van der Waals surface area contributed by atoms with Gasteiger partial charge in [-0.05, 0) is 135 Å². The second-order valence-electron chi connectivity index (χ2n) is 28.6. The average Bonchev–Trinajstić information content (AvgIpc) is 1.63. The van der Waals surface area contributed by atoms with Crippen molar-refractivity contribution in [2.45, 2.75) is 0 Å². The largest absolute Gasteiger partial charge is 0.456 e. The van der Waals surface area contributed by atoms with Gasteiger partial charge in [0.2, 0.25) is 0 Å². The first-order valence-corrected chi connectivity index (χ1v) is 39.2. The molecule has 15 aromatic carbocycles. The molecule has 0 fully saturated rings. The number of thiophene rings is 2. The van der Waals surface area contributed by atoms with Crippen LogP contribution in [0.3, 0.4) is 0 Å². The number of rotatable bonds is 6. The van der Waals surface area contributed by atoms with Gasteiger partial charge in [-0.25, -0.2) is 19.8 Å². The lowest BCUT2D eigenvalue weighted by Crippen LogP contribution is -1.92. The van der Waals surface area contributed by atoms with Gasteiger partial charge in [-0.3, -0.25) is 15.0 Å². The minimum Gasteiger partial charge on any atom is -0.456 e. The van der Waals surface area contributed by atoms with Crippen molar-refractivity contribution < 1.29 is 4.42 Å². The van der Waals surface area contributed by atoms with Gasteiger partial charge >= 0.3 is 0 Å². The van der Waals surface area contributed by atoms with Gasteiger partial charge in [0.1, 0.15) is 11.2 Å². The molecule has 24 aromatic rings. The molecule has 0 atom stereocenters. The summed E-state index contributed by atoms with van der Waals surface area (Å²) in [5.74, 6) is 0. The van der Waals surface area contributed by atoms with Crippen LogP contribution in [-0.2, 0) is 0 Å². The fourth-order valence-corrected chi connectivity index (χ4v) is 18.8. The predicted molar refractivity (Wildman–Crippen MR) is 476 cm³/mol. The maximum absolute atomic E-state index is 7.40. The van der Waals surface area contributed by atoms with Crippen molar-refractivity contribution in [2.24, 2.45) is 0 Å². The predicted octanol–water partition coefficient (Wildman–Crippen LogP) is 29.0. The van der Waals surface area contributed by atoms with Gasteiger partial charge in [0.25, 0.3) is 0 Å². The zero-order chi connectivity index (χ0) is 74.6. The summed E-state index contributed by atoms with van der Waals surface area (Å²) < 4.78 is 11.1. The Morgan fingerprint density at radius 1 is 0.239 bits per heavy atom. The third kappa shape index (κ3) is 11.2. The number of benzene rings is 15. The van der Waals surface area contributed by atoms with Crippen LogP contribution < -0.4 is 0 Å². The summed E-state index contributed by atoms with van der Waals surface area (Å²) in [4.78, 5) is 33.3. The Hall–Kier alpha value is -14.7. The van der Waals surface area contributed by atoms with Gasteiger partial charge in [0.15, 0.2) is 5.69 Å². The van der Waals surface area contributed by atoms with Gasteiger partial charge in [0, 0.05) is 140 Å². The molecule has 0 bridgehead atoms. The van der Waals surface area contributed by atoms with Crippen molar-refractivity contribution in [1.82, 2.24) is 29.9 Å². The Balaban J connectivity index is 0.000000104. The SMILES string of the molecule is [C-]#[N+]c1ccc2sc3ccc(-c4ccc(-c5nc6ccccc6c6c5ccc5cccnc56)cc4)cc3c2c1.c1cnc2c(c1)ccc1c(-c3ccc(-c4ccc5oc6ccccc6c5c4)cc3)nc3ccccc3c12.c1cnc2c(c1)ccc1c(-c3ccc(-c4ccc5sc6ccccc6c5c4)cc3)nc3ccccc3c12. The molecular weight excluding hydrogens is 1420 g/mol. The number of nitrogens with zero attached hydrogens (tertiary/aromatic N) is 7. The van der Waals surface area contributed by atoms with Crippen LogP contribution in [0.4, 0.5) is 5.69 Å². The molecule has 0 amide bonds. The van der Waals surface area contributed by atoms with Crippen LogP contribution in [0, 0.1) is 6.57 Å². The van der Waals surface area contributed by atoms with Crippen LogP contribution in [0.5, 0.6) is 0 Å². The lowest BCUT2D eigenvalue weighted by molar-refractivity contribution is 0.669. The van der Waals surface area contributed by atoms with Crippen LogP contribution in [0.15, 0.2) is 363 Å². The highest BCUT2D eigenvalue weighted by Gasteiger charge is 2.20. The van der Waals surface area contributed by atoms with Gasteiger partial charge in [-0.1, -0.05) is 249 Å². The second kappa shape index (κ2) is 26.8. The molecular formula is C103H59N7OS2. The molecule has 0 aliphatic carbocycles. The van der Waals surface area contributed by atoms with Gasteiger partial charge < -0.3 is 4.42 Å². The molecule has 0 saturated heterocycles. The summed E-state index contributed by atoms with van der Waals surface area (Å²) in [5.41, 5.74) is 21.8. The number of furan rings is 1. The number of fused-ring (bicyclic) bond motifs is 24. The van der Waals surface area contributed by atoms with Crippen molar-refractivity contribution >= 4 is 188 Å². The zero-order valence-electron chi connectivity index (χ0n) is 60.4. The van der Waals surface area contributed by atoms with Crippen LogP contribution in [0.25, 0.3) is 232 Å². The molecule has 10 heteroatoms. The lowest BCUT2D eigenvalue weighted by Gasteiger charge is -2.12. The van der Waals surface area contributed by atoms with E-state index in [2.05, 4.69) is 290 Å². The van der Waals surface area contributed by atoms with Crippen molar-refractivity contribution in [3.63, 3.8) is 0 Å². The van der Waals surface area contributed by atoms with E-state index in [9.17, 15) is 0 Å². The summed E-state index contributed by atoms with van der Waals surface area (Å²) in [6.07, 6.45) is 5.60. The Labute approximate surface area is 654 Å². The smallest absolute Gasteiger partial charge is 0.187 e. The van der Waals surface area contributed by atoms with Crippen LogP contribution in [-0.4, -0.2) is 29.9 Å². The first kappa shape index (κ1) is 65.4. The molecule has 0 saturated carbocycles. The van der Waals surface area contributed by atoms with Gasteiger partial charge in [-0.2, -0.15) is 0 Å². The molecule has 0 unspecified atom stereocenters. The molecule has 9 heterocycles. The van der Waals surface area contributed by atoms with Crippen molar-refractivity contribution in [2.75, 3.05) is 0 Å². The molecule has 0 aliphatic heterocycles. The summed E-state index contributed by atoms with van der Waals surface area (Å²) >= 11 is 3.63. The molecule has 0 aliphatic rings.